The maximum Gasteiger partial charge on any atom is 0.126 e. The molecule has 27 heavy (non-hydrogen) atoms. The van der Waals surface area contributed by atoms with E-state index in [1.54, 1.807) is 0 Å². The molecule has 2 nitrogen and oxygen atoms in total. The average molecular weight is 363 g/mol. The molecular weight excluding hydrogens is 332 g/mol. The van der Waals surface area contributed by atoms with E-state index in [-0.39, 0.29) is 0 Å². The molecule has 3 aromatic rings. The van der Waals surface area contributed by atoms with E-state index in [4.69, 9.17) is 0 Å². The Morgan fingerprint density at radius 2 is 1.19 bits per heavy atom. The van der Waals surface area contributed by atoms with E-state index in [1.807, 2.05) is 73.7 Å². The number of phenolic OH excluding ortho intramolecular Hbond substituents is 2. The van der Waals surface area contributed by atoms with Crippen molar-refractivity contribution in [3.05, 3.63) is 83.4 Å². The monoisotopic (exact) mass is 362 g/mol. The number of para-hydroxylation sites is 2. The van der Waals surface area contributed by atoms with Crippen LogP contribution in [0.15, 0.2) is 66.7 Å². The van der Waals surface area contributed by atoms with Crippen molar-refractivity contribution in [2.24, 2.45) is 0 Å². The second-order valence-electron chi connectivity index (χ2n) is 6.76. The minimum absolute atomic E-state index is 0.374. The van der Waals surface area contributed by atoms with E-state index >= 15 is 0 Å². The molecule has 0 heterocycles. The molecular formula is C25H30O2. The van der Waals surface area contributed by atoms with Gasteiger partial charge in [-0.1, -0.05) is 93.4 Å². The van der Waals surface area contributed by atoms with E-state index < -0.39 is 0 Å². The minimum Gasteiger partial charge on any atom is -0.507 e. The van der Waals surface area contributed by atoms with Gasteiger partial charge in [0.1, 0.15) is 11.5 Å². The van der Waals surface area contributed by atoms with Crippen molar-refractivity contribution in [3.63, 3.8) is 0 Å². The van der Waals surface area contributed by atoms with Crippen molar-refractivity contribution >= 4 is 0 Å². The predicted octanol–water partition coefficient (Wildman–Crippen LogP) is 6.66. The van der Waals surface area contributed by atoms with Crippen LogP contribution in [0.3, 0.4) is 0 Å². The van der Waals surface area contributed by atoms with E-state index in [1.165, 1.54) is 0 Å². The standard InChI is InChI=1S/C13H12O.C12H18O/c1-10-6-5-9-12(13(10)14)11-7-3-2-4-8-11;1-3-6-10-8-5-9-11(7-4-2)12(10)13/h2-9,14H,1H3;5,8-9,13H,3-4,6-7H2,1-2H3. The zero-order valence-corrected chi connectivity index (χ0v) is 16.6. The molecule has 0 spiro atoms. The summed E-state index contributed by atoms with van der Waals surface area (Å²) in [5.41, 5.74) is 5.03. The lowest BCUT2D eigenvalue weighted by atomic mass is 10.0. The van der Waals surface area contributed by atoms with Crippen molar-refractivity contribution in [2.45, 2.75) is 46.5 Å². The first-order valence-corrected chi connectivity index (χ1v) is 9.72. The molecule has 2 N–H and O–H groups in total. The molecule has 142 valence electrons. The third-order valence-corrected chi connectivity index (χ3v) is 4.56. The van der Waals surface area contributed by atoms with E-state index in [0.29, 0.717) is 11.5 Å². The molecule has 0 saturated carbocycles. The van der Waals surface area contributed by atoms with Gasteiger partial charge in [-0.25, -0.2) is 0 Å². The Balaban J connectivity index is 0.000000194. The topological polar surface area (TPSA) is 40.5 Å². The molecule has 2 heteroatoms. The third kappa shape index (κ3) is 5.62. The highest BCUT2D eigenvalue weighted by Gasteiger charge is 2.05. The molecule has 0 amide bonds. The summed E-state index contributed by atoms with van der Waals surface area (Å²) >= 11 is 0. The SMILES string of the molecule is CCCc1cccc(CCC)c1O.Cc1cccc(-c2ccccc2)c1O. The number of aryl methyl sites for hydroxylation is 3. The van der Waals surface area contributed by atoms with Crippen LogP contribution in [0.4, 0.5) is 0 Å². The third-order valence-electron chi connectivity index (χ3n) is 4.56. The van der Waals surface area contributed by atoms with Crippen LogP contribution in [0.1, 0.15) is 43.4 Å². The number of benzene rings is 3. The lowest BCUT2D eigenvalue weighted by molar-refractivity contribution is 0.460. The zero-order chi connectivity index (χ0) is 19.6. The number of phenols is 2. The van der Waals surface area contributed by atoms with Gasteiger partial charge in [-0.05, 0) is 42.0 Å². The highest BCUT2D eigenvalue weighted by atomic mass is 16.3. The highest BCUT2D eigenvalue weighted by Crippen LogP contribution is 2.31. The number of hydrogen-bond acceptors (Lipinski definition) is 2. The second kappa shape index (κ2) is 10.4. The van der Waals surface area contributed by atoms with Gasteiger partial charge in [0.05, 0.1) is 0 Å². The fourth-order valence-corrected chi connectivity index (χ4v) is 3.10. The van der Waals surface area contributed by atoms with E-state index in [2.05, 4.69) is 13.8 Å². The van der Waals surface area contributed by atoms with Gasteiger partial charge in [-0.2, -0.15) is 0 Å². The Hall–Kier alpha value is -2.74. The first-order valence-electron chi connectivity index (χ1n) is 9.72. The van der Waals surface area contributed by atoms with E-state index in [9.17, 15) is 10.2 Å². The van der Waals surface area contributed by atoms with Crippen molar-refractivity contribution in [2.75, 3.05) is 0 Å². The number of aromatic hydroxyl groups is 2. The Morgan fingerprint density at radius 3 is 1.74 bits per heavy atom. The quantitative estimate of drug-likeness (QED) is 0.532. The van der Waals surface area contributed by atoms with Gasteiger partial charge in [0, 0.05) is 5.56 Å². The maximum absolute atomic E-state index is 9.85. The smallest absolute Gasteiger partial charge is 0.126 e. The fraction of sp³-hybridized carbons (Fsp3) is 0.280. The molecule has 0 aliphatic rings. The molecule has 0 aliphatic heterocycles. The Labute approximate surface area is 163 Å². The van der Waals surface area contributed by atoms with Crippen LogP contribution in [-0.4, -0.2) is 10.2 Å². The van der Waals surface area contributed by atoms with Crippen LogP contribution in [0.5, 0.6) is 11.5 Å². The number of rotatable bonds is 5. The molecule has 0 saturated heterocycles. The van der Waals surface area contributed by atoms with Gasteiger partial charge in [-0.15, -0.1) is 0 Å². The molecule has 0 aromatic heterocycles. The van der Waals surface area contributed by atoms with Gasteiger partial charge >= 0.3 is 0 Å². The lowest BCUT2D eigenvalue weighted by Crippen LogP contribution is -1.90. The molecule has 3 rings (SSSR count). The van der Waals surface area contributed by atoms with Crippen molar-refractivity contribution < 1.29 is 10.2 Å². The largest absolute Gasteiger partial charge is 0.507 e. The average Bonchev–Trinajstić information content (AvgIpc) is 2.69. The minimum atomic E-state index is 0.374. The number of hydrogen-bond donors (Lipinski definition) is 2. The zero-order valence-electron chi connectivity index (χ0n) is 16.6. The van der Waals surface area contributed by atoms with Crippen LogP contribution < -0.4 is 0 Å². The van der Waals surface area contributed by atoms with Crippen LogP contribution in [0.2, 0.25) is 0 Å². The Morgan fingerprint density at radius 1 is 0.630 bits per heavy atom. The van der Waals surface area contributed by atoms with Crippen LogP contribution in [-0.2, 0) is 12.8 Å². The maximum atomic E-state index is 9.85. The molecule has 0 atom stereocenters. The first kappa shape index (κ1) is 20.6. The van der Waals surface area contributed by atoms with Gasteiger partial charge in [0.25, 0.3) is 0 Å². The summed E-state index contributed by atoms with van der Waals surface area (Å²) in [4.78, 5) is 0. The summed E-state index contributed by atoms with van der Waals surface area (Å²) in [5, 5.41) is 19.7. The second-order valence-corrected chi connectivity index (χ2v) is 6.76. The molecule has 0 aliphatic carbocycles. The lowest BCUT2D eigenvalue weighted by Gasteiger charge is -2.07. The molecule has 0 fully saturated rings. The van der Waals surface area contributed by atoms with Gasteiger partial charge < -0.3 is 10.2 Å². The van der Waals surface area contributed by atoms with Gasteiger partial charge in [0.15, 0.2) is 0 Å². The van der Waals surface area contributed by atoms with Crippen molar-refractivity contribution in [1.29, 1.82) is 0 Å². The molecule has 0 unspecified atom stereocenters. The van der Waals surface area contributed by atoms with Gasteiger partial charge in [0.2, 0.25) is 0 Å². The van der Waals surface area contributed by atoms with Crippen molar-refractivity contribution in [3.8, 4) is 22.6 Å². The first-order chi connectivity index (χ1) is 13.1. The van der Waals surface area contributed by atoms with Crippen LogP contribution in [0.25, 0.3) is 11.1 Å². The summed E-state index contributed by atoms with van der Waals surface area (Å²) in [7, 11) is 0. The summed E-state index contributed by atoms with van der Waals surface area (Å²) in [6, 6.07) is 21.7. The highest BCUT2D eigenvalue weighted by molar-refractivity contribution is 5.71. The van der Waals surface area contributed by atoms with Gasteiger partial charge in [-0.3, -0.25) is 0 Å². The van der Waals surface area contributed by atoms with Crippen LogP contribution in [0, 0.1) is 6.92 Å². The normalized spacial score (nSPS) is 10.2. The predicted molar refractivity (Wildman–Crippen MR) is 114 cm³/mol. The molecule has 3 aromatic carbocycles. The van der Waals surface area contributed by atoms with Crippen LogP contribution >= 0.6 is 0 Å². The molecule has 0 bridgehead atoms. The van der Waals surface area contributed by atoms with Crippen molar-refractivity contribution in [1.82, 2.24) is 0 Å². The summed E-state index contributed by atoms with van der Waals surface area (Å²) in [5.74, 6) is 0.893. The summed E-state index contributed by atoms with van der Waals surface area (Å²) in [6.07, 6.45) is 4.12. The Bertz CT molecular complexity index is 814. The van der Waals surface area contributed by atoms with E-state index in [0.717, 1.165) is 53.5 Å². The fourth-order valence-electron chi connectivity index (χ4n) is 3.10. The summed E-state index contributed by atoms with van der Waals surface area (Å²) in [6.45, 7) is 6.17. The summed E-state index contributed by atoms with van der Waals surface area (Å²) < 4.78 is 0. The Kier molecular flexibility index (Phi) is 7.94. The molecule has 0 radical (unpaired) electrons.